The first kappa shape index (κ1) is 22.1. The second-order valence-electron chi connectivity index (χ2n) is 7.36. The third-order valence-corrected chi connectivity index (χ3v) is 4.93. The van der Waals surface area contributed by atoms with Gasteiger partial charge in [-0.05, 0) is 57.0 Å². The quantitative estimate of drug-likeness (QED) is 0.591. The van der Waals surface area contributed by atoms with Crippen molar-refractivity contribution < 1.29 is 19.1 Å². The van der Waals surface area contributed by atoms with Gasteiger partial charge in [0.25, 0.3) is 5.91 Å². The van der Waals surface area contributed by atoms with Crippen LogP contribution in [-0.4, -0.2) is 44.1 Å². The lowest BCUT2D eigenvalue weighted by Crippen LogP contribution is -2.34. The number of ether oxygens (including phenoxy) is 1. The van der Waals surface area contributed by atoms with Crippen molar-refractivity contribution in [3.8, 4) is 0 Å². The summed E-state index contributed by atoms with van der Waals surface area (Å²) in [5.41, 5.74) is 3.56. The monoisotopic (exact) mass is 424 g/mol. The van der Waals surface area contributed by atoms with Crippen molar-refractivity contribution in [2.75, 3.05) is 41.8 Å². The maximum Gasteiger partial charge on any atom is 0.325 e. The predicted molar refractivity (Wildman–Crippen MR) is 121 cm³/mol. The number of hydrogen-bond donors (Lipinski definition) is 3. The summed E-state index contributed by atoms with van der Waals surface area (Å²) in [6.07, 6.45) is 2.17. The third-order valence-electron chi connectivity index (χ3n) is 4.93. The minimum absolute atomic E-state index is 0.220. The molecule has 0 bridgehead atoms. The van der Waals surface area contributed by atoms with Gasteiger partial charge in [-0.3, -0.25) is 9.59 Å². The molecule has 1 aliphatic heterocycles. The maximum absolute atomic E-state index is 12.6. The molecule has 2 aromatic carbocycles. The van der Waals surface area contributed by atoms with Crippen LogP contribution in [0.3, 0.4) is 0 Å². The number of nitrogens with one attached hydrogen (secondary N) is 3. The summed E-state index contributed by atoms with van der Waals surface area (Å²) in [6.45, 7) is 5.46. The van der Waals surface area contributed by atoms with E-state index in [1.807, 2.05) is 37.3 Å². The van der Waals surface area contributed by atoms with Crippen LogP contribution in [0, 0.1) is 6.92 Å². The van der Waals surface area contributed by atoms with Gasteiger partial charge < -0.3 is 25.6 Å². The molecular weight excluding hydrogens is 396 g/mol. The third kappa shape index (κ3) is 6.21. The van der Waals surface area contributed by atoms with Crippen LogP contribution in [-0.2, 0) is 9.53 Å². The number of carbonyl (C=O) groups excluding carboxylic acids is 3. The molecule has 1 saturated heterocycles. The van der Waals surface area contributed by atoms with Crippen molar-refractivity contribution in [3.05, 3.63) is 53.6 Å². The molecule has 1 heterocycles. The van der Waals surface area contributed by atoms with Crippen LogP contribution in [0.1, 0.15) is 35.7 Å². The van der Waals surface area contributed by atoms with Crippen LogP contribution in [0.4, 0.5) is 21.9 Å². The van der Waals surface area contributed by atoms with Crippen LogP contribution in [0.25, 0.3) is 0 Å². The average Bonchev–Trinajstić information content (AvgIpc) is 3.27. The Morgan fingerprint density at radius 2 is 1.81 bits per heavy atom. The molecule has 0 radical (unpaired) electrons. The van der Waals surface area contributed by atoms with Crippen molar-refractivity contribution in [2.45, 2.75) is 26.7 Å². The van der Waals surface area contributed by atoms with E-state index in [0.717, 1.165) is 37.2 Å². The zero-order chi connectivity index (χ0) is 22.2. The fourth-order valence-electron chi connectivity index (χ4n) is 3.47. The van der Waals surface area contributed by atoms with Crippen LogP contribution in [0.15, 0.2) is 42.5 Å². The molecule has 1 fully saturated rings. The van der Waals surface area contributed by atoms with E-state index in [1.165, 1.54) is 0 Å². The Morgan fingerprint density at radius 3 is 2.52 bits per heavy atom. The lowest BCUT2D eigenvalue weighted by molar-refractivity contribution is -0.141. The van der Waals surface area contributed by atoms with Crippen LogP contribution in [0.5, 0.6) is 0 Å². The smallest absolute Gasteiger partial charge is 0.325 e. The van der Waals surface area contributed by atoms with Gasteiger partial charge in [0.1, 0.15) is 6.54 Å². The number of urea groups is 1. The molecule has 0 unspecified atom stereocenters. The molecule has 0 saturated carbocycles. The summed E-state index contributed by atoms with van der Waals surface area (Å²) in [6, 6.07) is 12.3. The van der Waals surface area contributed by atoms with E-state index in [-0.39, 0.29) is 19.1 Å². The van der Waals surface area contributed by atoms with Crippen molar-refractivity contribution in [3.63, 3.8) is 0 Å². The van der Waals surface area contributed by atoms with E-state index in [1.54, 1.807) is 19.1 Å². The number of anilines is 3. The molecular formula is C23H28N4O4. The maximum atomic E-state index is 12.6. The van der Waals surface area contributed by atoms with Crippen molar-refractivity contribution >= 4 is 35.0 Å². The minimum atomic E-state index is -0.518. The number of hydrogen-bond acceptors (Lipinski definition) is 5. The second-order valence-corrected chi connectivity index (χ2v) is 7.36. The summed E-state index contributed by atoms with van der Waals surface area (Å²) >= 11 is 0. The molecule has 8 heteroatoms. The lowest BCUT2D eigenvalue weighted by atomic mass is 10.1. The number of amides is 3. The number of nitrogens with zero attached hydrogens (tertiary/aromatic N) is 1. The Balaban J connectivity index is 1.75. The molecule has 0 aliphatic carbocycles. The first-order valence-electron chi connectivity index (χ1n) is 10.4. The predicted octanol–water partition coefficient (Wildman–Crippen LogP) is 3.53. The fraction of sp³-hybridized carbons (Fsp3) is 0.348. The summed E-state index contributed by atoms with van der Waals surface area (Å²) in [5.74, 6) is -0.730. The highest BCUT2D eigenvalue weighted by Crippen LogP contribution is 2.32. The molecule has 3 rings (SSSR count). The van der Waals surface area contributed by atoms with Gasteiger partial charge in [0.15, 0.2) is 0 Å². The van der Waals surface area contributed by atoms with Gasteiger partial charge in [0.2, 0.25) is 0 Å². The van der Waals surface area contributed by atoms with Gasteiger partial charge in [-0.2, -0.15) is 0 Å². The standard InChI is InChI=1S/C23H28N4O4/c1-3-31-21(28)15-24-23(30)26-19-14-18(9-10-20(19)27-11-4-5-12-27)25-22(29)17-8-6-7-16(2)13-17/h6-10,13-14H,3-5,11-12,15H2,1-2H3,(H,25,29)(H2,24,26,30). The highest BCUT2D eigenvalue weighted by molar-refractivity contribution is 6.05. The van der Waals surface area contributed by atoms with Crippen LogP contribution >= 0.6 is 0 Å². The van der Waals surface area contributed by atoms with Gasteiger partial charge in [0, 0.05) is 24.3 Å². The number of benzene rings is 2. The molecule has 3 amide bonds. The first-order valence-corrected chi connectivity index (χ1v) is 10.4. The van der Waals surface area contributed by atoms with Gasteiger partial charge in [-0.15, -0.1) is 0 Å². The van der Waals surface area contributed by atoms with Gasteiger partial charge in [0.05, 0.1) is 18.0 Å². The van der Waals surface area contributed by atoms with Crippen molar-refractivity contribution in [2.24, 2.45) is 0 Å². The molecule has 0 aromatic heterocycles. The number of aryl methyl sites for hydroxylation is 1. The number of rotatable bonds is 7. The number of carbonyl (C=O) groups is 3. The van der Waals surface area contributed by atoms with Crippen LogP contribution in [0.2, 0.25) is 0 Å². The van der Waals surface area contributed by atoms with E-state index >= 15 is 0 Å². The normalized spacial score (nSPS) is 12.9. The Hall–Kier alpha value is -3.55. The fourth-order valence-corrected chi connectivity index (χ4v) is 3.47. The van der Waals surface area contributed by atoms with E-state index < -0.39 is 12.0 Å². The van der Waals surface area contributed by atoms with Crippen molar-refractivity contribution in [1.82, 2.24) is 5.32 Å². The highest BCUT2D eigenvalue weighted by Gasteiger charge is 2.18. The zero-order valence-corrected chi connectivity index (χ0v) is 17.9. The van der Waals surface area contributed by atoms with E-state index in [9.17, 15) is 14.4 Å². The van der Waals surface area contributed by atoms with Crippen LogP contribution < -0.4 is 20.9 Å². The molecule has 2 aromatic rings. The SMILES string of the molecule is CCOC(=O)CNC(=O)Nc1cc(NC(=O)c2cccc(C)c2)ccc1N1CCCC1. The first-order chi connectivity index (χ1) is 15.0. The molecule has 1 aliphatic rings. The molecule has 164 valence electrons. The zero-order valence-electron chi connectivity index (χ0n) is 17.9. The second kappa shape index (κ2) is 10.5. The Morgan fingerprint density at radius 1 is 1.03 bits per heavy atom. The van der Waals surface area contributed by atoms with Gasteiger partial charge in [-0.1, -0.05) is 17.7 Å². The summed E-state index contributed by atoms with van der Waals surface area (Å²) in [4.78, 5) is 38.6. The Kier molecular flexibility index (Phi) is 7.48. The highest BCUT2D eigenvalue weighted by atomic mass is 16.5. The molecule has 8 nitrogen and oxygen atoms in total. The topological polar surface area (TPSA) is 99.8 Å². The molecule has 3 N–H and O–H groups in total. The molecule has 31 heavy (non-hydrogen) atoms. The van der Waals surface area contributed by atoms with E-state index in [2.05, 4.69) is 20.9 Å². The van der Waals surface area contributed by atoms with Crippen molar-refractivity contribution in [1.29, 1.82) is 0 Å². The number of esters is 1. The Bertz CT molecular complexity index is 954. The Labute approximate surface area is 182 Å². The largest absolute Gasteiger partial charge is 0.465 e. The molecule has 0 spiro atoms. The summed E-state index contributed by atoms with van der Waals surface area (Å²) in [5, 5.41) is 8.17. The van der Waals surface area contributed by atoms with Gasteiger partial charge in [-0.25, -0.2) is 4.79 Å². The summed E-state index contributed by atoms with van der Waals surface area (Å²) < 4.78 is 4.82. The summed E-state index contributed by atoms with van der Waals surface area (Å²) in [7, 11) is 0. The van der Waals surface area contributed by atoms with E-state index in [0.29, 0.717) is 16.9 Å². The molecule has 0 atom stereocenters. The van der Waals surface area contributed by atoms with E-state index in [4.69, 9.17) is 4.74 Å². The lowest BCUT2D eigenvalue weighted by Gasteiger charge is -2.22. The minimum Gasteiger partial charge on any atom is -0.465 e. The van der Waals surface area contributed by atoms with Gasteiger partial charge >= 0.3 is 12.0 Å². The average molecular weight is 425 g/mol.